The Morgan fingerprint density at radius 2 is 1.74 bits per heavy atom. The number of nitrogens with zero attached hydrogens (tertiary/aromatic N) is 3. The smallest absolute Gasteiger partial charge is 0.344 e. The molecule has 1 aromatic heterocycles. The third-order valence-electron chi connectivity index (χ3n) is 5.26. The lowest BCUT2D eigenvalue weighted by Gasteiger charge is -2.20. The third kappa shape index (κ3) is 3.82. The number of fused-ring (bicyclic) bond motifs is 1. The van der Waals surface area contributed by atoms with Gasteiger partial charge in [0.05, 0.1) is 6.10 Å². The minimum absolute atomic E-state index is 0.0980. The average Bonchev–Trinajstić information content (AvgIpc) is 3.27. The quantitative estimate of drug-likeness (QED) is 0.716. The molecule has 1 saturated carbocycles. The number of carbonyl (C=O) groups is 2. The molecule has 1 amide bonds. The first-order chi connectivity index (χ1) is 12.9. The van der Waals surface area contributed by atoms with Crippen LogP contribution in [-0.2, 0) is 0 Å². The molecule has 2 fully saturated rings. The van der Waals surface area contributed by atoms with E-state index in [0.29, 0.717) is 46.4 Å². The predicted octanol–water partition coefficient (Wildman–Crippen LogP) is 4.15. The Labute approximate surface area is 167 Å². The van der Waals surface area contributed by atoms with Crippen LogP contribution < -0.4 is 4.74 Å². The van der Waals surface area contributed by atoms with Crippen LogP contribution >= 0.6 is 23.2 Å². The molecule has 0 N–H and O–H groups in total. The van der Waals surface area contributed by atoms with E-state index in [0.717, 1.165) is 12.8 Å². The van der Waals surface area contributed by atoms with Gasteiger partial charge in [0.1, 0.15) is 11.4 Å². The van der Waals surface area contributed by atoms with E-state index in [-0.39, 0.29) is 17.9 Å². The van der Waals surface area contributed by atoms with Crippen molar-refractivity contribution in [1.82, 2.24) is 14.7 Å². The molecule has 0 spiro atoms. The maximum absolute atomic E-state index is 12.6. The summed E-state index contributed by atoms with van der Waals surface area (Å²) in [6.07, 6.45) is 3.41. The zero-order valence-corrected chi connectivity index (χ0v) is 16.3. The Hall–Kier alpha value is -2.05. The van der Waals surface area contributed by atoms with Gasteiger partial charge in [-0.05, 0) is 48.9 Å². The zero-order valence-electron chi connectivity index (χ0n) is 14.8. The van der Waals surface area contributed by atoms with Gasteiger partial charge in [0.15, 0.2) is 5.78 Å². The molecule has 2 aliphatic rings. The van der Waals surface area contributed by atoms with Gasteiger partial charge in [0.2, 0.25) is 0 Å². The molecule has 1 aliphatic heterocycles. The fourth-order valence-corrected chi connectivity index (χ4v) is 4.55. The summed E-state index contributed by atoms with van der Waals surface area (Å²) in [5, 5.41) is 5.17. The Bertz CT molecular complexity index is 864. The van der Waals surface area contributed by atoms with Crippen molar-refractivity contribution in [2.24, 2.45) is 11.8 Å². The number of benzene rings is 1. The summed E-state index contributed by atoms with van der Waals surface area (Å²) in [6.45, 7) is 2.79. The highest BCUT2D eigenvalue weighted by atomic mass is 35.5. The number of ether oxygens (including phenoxy) is 1. The van der Waals surface area contributed by atoms with Gasteiger partial charge in [-0.1, -0.05) is 23.2 Å². The molecule has 2 aromatic rings. The minimum atomic E-state index is -0.184. The van der Waals surface area contributed by atoms with E-state index in [9.17, 15) is 9.59 Å². The lowest BCUT2D eigenvalue weighted by Crippen LogP contribution is -2.34. The molecule has 1 aromatic carbocycles. The molecule has 0 bridgehead atoms. The van der Waals surface area contributed by atoms with E-state index in [1.807, 2.05) is 0 Å². The largest absolute Gasteiger partial charge is 0.490 e. The maximum atomic E-state index is 12.6. The molecule has 1 unspecified atom stereocenters. The summed E-state index contributed by atoms with van der Waals surface area (Å²) in [6, 6.07) is 6.59. The van der Waals surface area contributed by atoms with Gasteiger partial charge in [-0.2, -0.15) is 9.78 Å². The van der Waals surface area contributed by atoms with E-state index in [4.69, 9.17) is 27.9 Å². The van der Waals surface area contributed by atoms with E-state index in [1.54, 1.807) is 35.4 Å². The highest BCUT2D eigenvalue weighted by Gasteiger charge is 2.43. The summed E-state index contributed by atoms with van der Waals surface area (Å²) in [5.41, 5.74) is 0.302. The van der Waals surface area contributed by atoms with Crippen molar-refractivity contribution in [2.75, 3.05) is 13.1 Å². The topological polar surface area (TPSA) is 64.4 Å². The van der Waals surface area contributed by atoms with Crippen LogP contribution in [0.15, 0.2) is 30.5 Å². The molecule has 2 heterocycles. The van der Waals surface area contributed by atoms with Crippen LogP contribution in [0.5, 0.6) is 5.75 Å². The number of ketones is 1. The second-order valence-electron chi connectivity index (χ2n) is 7.23. The predicted molar refractivity (Wildman–Crippen MR) is 102 cm³/mol. The number of amides is 1. The zero-order chi connectivity index (χ0) is 19.1. The van der Waals surface area contributed by atoms with Gasteiger partial charge in [0, 0.05) is 36.3 Å². The van der Waals surface area contributed by atoms with Gasteiger partial charge in [-0.15, -0.1) is 0 Å². The summed E-state index contributed by atoms with van der Waals surface area (Å²) in [5.74, 6) is 1.33. The van der Waals surface area contributed by atoms with Crippen molar-refractivity contribution in [1.29, 1.82) is 0 Å². The second-order valence-corrected chi connectivity index (χ2v) is 8.10. The van der Waals surface area contributed by atoms with E-state index in [2.05, 4.69) is 5.10 Å². The van der Waals surface area contributed by atoms with E-state index in [1.165, 1.54) is 11.6 Å². The standard InChI is InChI=1S/C19H19Cl2N3O3/c1-11(25)18-2-3-24(22-18)19(26)23-9-12-4-16(5-13(12)10-23)27-17-7-14(20)6-15(21)8-17/h2-3,6-8,12-13,16H,4-5,9-10H2,1H3/t12-,13+,16?. The van der Waals surface area contributed by atoms with Gasteiger partial charge < -0.3 is 9.64 Å². The minimum Gasteiger partial charge on any atom is -0.490 e. The van der Waals surface area contributed by atoms with Gasteiger partial charge >= 0.3 is 6.03 Å². The van der Waals surface area contributed by atoms with Gasteiger partial charge in [-0.25, -0.2) is 4.79 Å². The van der Waals surface area contributed by atoms with Crippen LogP contribution in [0.3, 0.4) is 0 Å². The molecule has 1 aliphatic carbocycles. The number of Topliss-reactive ketones (excluding diaryl/α,β-unsaturated/α-hetero) is 1. The van der Waals surface area contributed by atoms with E-state index < -0.39 is 0 Å². The van der Waals surface area contributed by atoms with Crippen LogP contribution in [-0.4, -0.2) is 45.7 Å². The number of hydrogen-bond acceptors (Lipinski definition) is 4. The number of likely N-dealkylation sites (tertiary alicyclic amines) is 1. The van der Waals surface area contributed by atoms with Gasteiger partial charge in [-0.3, -0.25) is 4.79 Å². The number of carbonyl (C=O) groups excluding carboxylic acids is 2. The molecule has 0 radical (unpaired) electrons. The molecular weight excluding hydrogens is 389 g/mol. The highest BCUT2D eigenvalue weighted by molar-refractivity contribution is 6.34. The Kier molecular flexibility index (Phi) is 4.86. The monoisotopic (exact) mass is 407 g/mol. The Morgan fingerprint density at radius 3 is 2.30 bits per heavy atom. The average molecular weight is 408 g/mol. The lowest BCUT2D eigenvalue weighted by molar-refractivity contribution is 0.101. The van der Waals surface area contributed by atoms with Crippen molar-refractivity contribution in [2.45, 2.75) is 25.9 Å². The molecule has 142 valence electrons. The molecule has 27 heavy (non-hydrogen) atoms. The van der Waals surface area contributed by atoms with Crippen molar-refractivity contribution in [3.8, 4) is 5.75 Å². The summed E-state index contributed by atoms with van der Waals surface area (Å²) in [7, 11) is 0. The first kappa shape index (κ1) is 18.3. The summed E-state index contributed by atoms with van der Waals surface area (Å²) >= 11 is 12.1. The fourth-order valence-electron chi connectivity index (χ4n) is 4.05. The van der Waals surface area contributed by atoms with Crippen molar-refractivity contribution in [3.63, 3.8) is 0 Å². The Balaban J connectivity index is 1.36. The maximum Gasteiger partial charge on any atom is 0.344 e. The third-order valence-corrected chi connectivity index (χ3v) is 5.70. The van der Waals surface area contributed by atoms with Crippen LogP contribution in [0.1, 0.15) is 30.3 Å². The van der Waals surface area contributed by atoms with E-state index >= 15 is 0 Å². The SMILES string of the molecule is CC(=O)c1ccn(C(=O)N2C[C@H]3CC(Oc4cc(Cl)cc(Cl)c4)C[C@H]3C2)n1. The molecular formula is C19H19Cl2N3O3. The Morgan fingerprint density at radius 1 is 1.11 bits per heavy atom. The lowest BCUT2D eigenvalue weighted by atomic mass is 10.0. The van der Waals surface area contributed by atoms with Gasteiger partial charge in [0.25, 0.3) is 0 Å². The molecule has 8 heteroatoms. The second kappa shape index (κ2) is 7.17. The number of rotatable bonds is 3. The van der Waals surface area contributed by atoms with Crippen LogP contribution in [0, 0.1) is 11.8 Å². The van der Waals surface area contributed by atoms with Crippen LogP contribution in [0.4, 0.5) is 4.79 Å². The molecule has 3 atom stereocenters. The van der Waals surface area contributed by atoms with Crippen molar-refractivity contribution >= 4 is 35.0 Å². The van der Waals surface area contributed by atoms with Crippen molar-refractivity contribution in [3.05, 3.63) is 46.2 Å². The number of aromatic nitrogens is 2. The molecule has 6 nitrogen and oxygen atoms in total. The number of hydrogen-bond donors (Lipinski definition) is 0. The summed E-state index contributed by atoms with van der Waals surface area (Å²) < 4.78 is 7.31. The normalized spacial score (nSPS) is 24.1. The molecule has 4 rings (SSSR count). The van der Waals surface area contributed by atoms with Crippen molar-refractivity contribution < 1.29 is 14.3 Å². The first-order valence-corrected chi connectivity index (χ1v) is 9.63. The van der Waals surface area contributed by atoms with Crippen LogP contribution in [0.2, 0.25) is 10.0 Å². The highest BCUT2D eigenvalue weighted by Crippen LogP contribution is 2.40. The first-order valence-electron chi connectivity index (χ1n) is 8.87. The van der Waals surface area contributed by atoms with Crippen LogP contribution in [0.25, 0.3) is 0 Å². The fraction of sp³-hybridized carbons (Fsp3) is 0.421. The number of halogens is 2. The molecule has 1 saturated heterocycles. The summed E-state index contributed by atoms with van der Waals surface area (Å²) in [4.78, 5) is 25.8.